The van der Waals surface area contributed by atoms with Crippen LogP contribution in [0.4, 0.5) is 5.69 Å². The number of hydrogen-bond donors (Lipinski definition) is 0. The highest BCUT2D eigenvalue weighted by Crippen LogP contribution is 2.32. The van der Waals surface area contributed by atoms with Gasteiger partial charge in [-0.1, -0.05) is 6.92 Å². The Bertz CT molecular complexity index is 594. The number of fused-ring (bicyclic) bond motifs is 1. The summed E-state index contributed by atoms with van der Waals surface area (Å²) in [5.41, 5.74) is 1.27. The number of nitrogens with zero attached hydrogens (tertiary/aromatic N) is 3. The third kappa shape index (κ3) is 2.66. The zero-order valence-corrected chi connectivity index (χ0v) is 13.0. The van der Waals surface area contributed by atoms with Crippen LogP contribution in [0.3, 0.4) is 0 Å². The predicted octanol–water partition coefficient (Wildman–Crippen LogP) is 0.819. The summed E-state index contributed by atoms with van der Waals surface area (Å²) in [6.45, 7) is 6.52. The number of piperazine rings is 1. The lowest BCUT2D eigenvalue weighted by molar-refractivity contribution is -0.120. The van der Waals surface area contributed by atoms with Gasteiger partial charge in [0.2, 0.25) is 0 Å². The van der Waals surface area contributed by atoms with E-state index in [2.05, 4.69) is 11.8 Å². The molecule has 2 heterocycles. The fourth-order valence-corrected chi connectivity index (χ4v) is 2.85. The van der Waals surface area contributed by atoms with Crippen molar-refractivity contribution in [3.63, 3.8) is 0 Å². The molecule has 0 radical (unpaired) electrons. The van der Waals surface area contributed by atoms with E-state index < -0.39 is 0 Å². The molecule has 0 aliphatic carbocycles. The van der Waals surface area contributed by atoms with Crippen LogP contribution in [0.15, 0.2) is 18.2 Å². The van der Waals surface area contributed by atoms with Gasteiger partial charge in [-0.3, -0.25) is 9.59 Å². The second kappa shape index (κ2) is 5.96. The van der Waals surface area contributed by atoms with Crippen LogP contribution in [0, 0.1) is 0 Å². The van der Waals surface area contributed by atoms with E-state index in [0.29, 0.717) is 17.0 Å². The summed E-state index contributed by atoms with van der Waals surface area (Å²) in [7, 11) is 1.71. The first-order valence-corrected chi connectivity index (χ1v) is 7.65. The number of amides is 2. The van der Waals surface area contributed by atoms with E-state index in [1.165, 1.54) is 0 Å². The Morgan fingerprint density at radius 1 is 1.23 bits per heavy atom. The molecule has 1 aromatic rings. The summed E-state index contributed by atoms with van der Waals surface area (Å²) in [5, 5.41) is 0. The van der Waals surface area contributed by atoms with Crippen LogP contribution in [0.2, 0.25) is 0 Å². The topological polar surface area (TPSA) is 53.1 Å². The average molecular weight is 303 g/mol. The fourth-order valence-electron chi connectivity index (χ4n) is 2.85. The summed E-state index contributed by atoms with van der Waals surface area (Å²) >= 11 is 0. The highest BCUT2D eigenvalue weighted by atomic mass is 16.5. The van der Waals surface area contributed by atoms with E-state index in [-0.39, 0.29) is 18.4 Å². The predicted molar refractivity (Wildman–Crippen MR) is 83.4 cm³/mol. The third-order valence-corrected chi connectivity index (χ3v) is 4.40. The lowest BCUT2D eigenvalue weighted by Gasteiger charge is -2.34. The molecule has 0 aromatic heterocycles. The Morgan fingerprint density at radius 2 is 1.95 bits per heavy atom. The summed E-state index contributed by atoms with van der Waals surface area (Å²) in [5.74, 6) is 0.563. The molecule has 0 N–H and O–H groups in total. The quantitative estimate of drug-likeness (QED) is 0.812. The maximum absolute atomic E-state index is 12.6. The van der Waals surface area contributed by atoms with Gasteiger partial charge in [0.25, 0.3) is 11.8 Å². The van der Waals surface area contributed by atoms with E-state index >= 15 is 0 Å². The molecule has 3 rings (SSSR count). The third-order valence-electron chi connectivity index (χ3n) is 4.40. The second-order valence-electron chi connectivity index (χ2n) is 5.65. The maximum atomic E-state index is 12.6. The zero-order chi connectivity index (χ0) is 15.7. The van der Waals surface area contributed by atoms with Gasteiger partial charge in [0.15, 0.2) is 6.61 Å². The first kappa shape index (κ1) is 14.8. The summed E-state index contributed by atoms with van der Waals surface area (Å²) in [6.07, 6.45) is 0. The first-order valence-electron chi connectivity index (χ1n) is 7.65. The smallest absolute Gasteiger partial charge is 0.264 e. The van der Waals surface area contributed by atoms with Crippen LogP contribution in [0.25, 0.3) is 0 Å². The number of benzene rings is 1. The van der Waals surface area contributed by atoms with Crippen molar-refractivity contribution < 1.29 is 14.3 Å². The lowest BCUT2D eigenvalue weighted by atomic mass is 10.1. The van der Waals surface area contributed by atoms with Crippen LogP contribution in [0.5, 0.6) is 5.75 Å². The van der Waals surface area contributed by atoms with E-state index in [1.54, 1.807) is 30.1 Å². The van der Waals surface area contributed by atoms with Gasteiger partial charge in [0.1, 0.15) is 5.75 Å². The molecule has 0 saturated carbocycles. The van der Waals surface area contributed by atoms with Crippen LogP contribution in [-0.4, -0.2) is 68.0 Å². The average Bonchev–Trinajstić information content (AvgIpc) is 2.57. The van der Waals surface area contributed by atoms with Crippen molar-refractivity contribution in [3.05, 3.63) is 23.8 Å². The van der Waals surface area contributed by atoms with Crippen LogP contribution < -0.4 is 9.64 Å². The SMILES string of the molecule is CCN1CCN(C(=O)c2ccc3c(c2)N(C)C(=O)CO3)CC1. The molecule has 6 heteroatoms. The molecular weight excluding hydrogens is 282 g/mol. The van der Waals surface area contributed by atoms with E-state index in [1.807, 2.05) is 4.90 Å². The first-order chi connectivity index (χ1) is 10.6. The van der Waals surface area contributed by atoms with Gasteiger partial charge in [-0.15, -0.1) is 0 Å². The molecule has 0 spiro atoms. The normalized spacial score (nSPS) is 18.9. The number of likely N-dealkylation sites (N-methyl/N-ethyl adjacent to an activating group) is 2. The highest BCUT2D eigenvalue weighted by molar-refractivity contribution is 6.01. The standard InChI is InChI=1S/C16H21N3O3/c1-3-18-6-8-19(9-7-18)16(21)12-4-5-14-13(10-12)17(2)15(20)11-22-14/h4-5,10H,3,6-9,11H2,1-2H3. The van der Waals surface area contributed by atoms with Crippen LogP contribution >= 0.6 is 0 Å². The number of carbonyl (C=O) groups excluding carboxylic acids is 2. The Balaban J connectivity index is 1.78. The molecule has 0 bridgehead atoms. The second-order valence-corrected chi connectivity index (χ2v) is 5.65. The van der Waals surface area contributed by atoms with Gasteiger partial charge in [-0.25, -0.2) is 0 Å². The number of hydrogen-bond acceptors (Lipinski definition) is 4. The highest BCUT2D eigenvalue weighted by Gasteiger charge is 2.26. The Kier molecular flexibility index (Phi) is 4.02. The monoisotopic (exact) mass is 303 g/mol. The summed E-state index contributed by atoms with van der Waals surface area (Å²) < 4.78 is 5.39. The molecule has 6 nitrogen and oxygen atoms in total. The van der Waals surface area contributed by atoms with Crippen molar-refractivity contribution in [1.29, 1.82) is 0 Å². The Labute approximate surface area is 130 Å². The van der Waals surface area contributed by atoms with Crippen molar-refractivity contribution in [2.75, 3.05) is 51.3 Å². The number of carbonyl (C=O) groups is 2. The molecule has 1 saturated heterocycles. The molecule has 0 unspecified atom stereocenters. The minimum atomic E-state index is -0.103. The van der Waals surface area contributed by atoms with Crippen molar-refractivity contribution >= 4 is 17.5 Å². The summed E-state index contributed by atoms with van der Waals surface area (Å²) in [4.78, 5) is 30.1. The molecule has 2 amide bonds. The van der Waals surface area contributed by atoms with Gasteiger partial charge in [-0.05, 0) is 24.7 Å². The largest absolute Gasteiger partial charge is 0.482 e. The van der Waals surface area contributed by atoms with E-state index in [9.17, 15) is 9.59 Å². The Hall–Kier alpha value is -2.08. The van der Waals surface area contributed by atoms with Gasteiger partial charge >= 0.3 is 0 Å². The maximum Gasteiger partial charge on any atom is 0.264 e. The van der Waals surface area contributed by atoms with Crippen molar-refractivity contribution in [3.8, 4) is 5.75 Å². The molecule has 2 aliphatic heterocycles. The molecule has 1 fully saturated rings. The van der Waals surface area contributed by atoms with Gasteiger partial charge in [0, 0.05) is 38.8 Å². The van der Waals surface area contributed by atoms with E-state index in [4.69, 9.17) is 4.74 Å². The van der Waals surface area contributed by atoms with Crippen molar-refractivity contribution in [2.45, 2.75) is 6.92 Å². The van der Waals surface area contributed by atoms with Gasteiger partial charge in [0.05, 0.1) is 5.69 Å². The zero-order valence-electron chi connectivity index (χ0n) is 13.0. The Morgan fingerprint density at radius 3 is 2.64 bits per heavy atom. The molecule has 2 aliphatic rings. The van der Waals surface area contributed by atoms with Gasteiger partial charge in [-0.2, -0.15) is 0 Å². The number of rotatable bonds is 2. The van der Waals surface area contributed by atoms with Gasteiger partial charge < -0.3 is 19.4 Å². The minimum Gasteiger partial charge on any atom is -0.482 e. The number of anilines is 1. The van der Waals surface area contributed by atoms with Crippen molar-refractivity contribution in [2.24, 2.45) is 0 Å². The van der Waals surface area contributed by atoms with Crippen molar-refractivity contribution in [1.82, 2.24) is 9.80 Å². The molecule has 1 aromatic carbocycles. The molecule has 0 atom stereocenters. The minimum absolute atomic E-state index is 0.0185. The fraction of sp³-hybridized carbons (Fsp3) is 0.500. The number of ether oxygens (including phenoxy) is 1. The molecule has 118 valence electrons. The lowest BCUT2D eigenvalue weighted by Crippen LogP contribution is -2.48. The summed E-state index contributed by atoms with van der Waals surface area (Å²) in [6, 6.07) is 5.30. The van der Waals surface area contributed by atoms with E-state index in [0.717, 1.165) is 32.7 Å². The molecule has 22 heavy (non-hydrogen) atoms. The van der Waals surface area contributed by atoms with Crippen LogP contribution in [-0.2, 0) is 4.79 Å². The molecular formula is C16H21N3O3. The van der Waals surface area contributed by atoms with Crippen LogP contribution in [0.1, 0.15) is 17.3 Å².